The van der Waals surface area contributed by atoms with E-state index in [0.717, 1.165) is 0 Å². The SMILES string of the molecule is NC(=O)C1CCN(C(=O)Cc2csc(NC(=O)c3ccc(Cl)cc3)n2)CC1. The van der Waals surface area contributed by atoms with Crippen LogP contribution in [-0.4, -0.2) is 40.7 Å². The summed E-state index contributed by atoms with van der Waals surface area (Å²) in [6.07, 6.45) is 1.36. The number of nitrogens with zero attached hydrogens (tertiary/aromatic N) is 2. The van der Waals surface area contributed by atoms with Gasteiger partial charge in [0.2, 0.25) is 11.8 Å². The number of halogens is 1. The molecule has 0 spiro atoms. The number of amides is 3. The summed E-state index contributed by atoms with van der Waals surface area (Å²) in [6.45, 7) is 1.05. The third kappa shape index (κ3) is 5.05. The summed E-state index contributed by atoms with van der Waals surface area (Å²) in [6, 6.07) is 6.55. The quantitative estimate of drug-likeness (QED) is 0.794. The first-order valence-electron chi connectivity index (χ1n) is 8.51. The number of primary amides is 1. The Hall–Kier alpha value is -2.45. The number of benzene rings is 1. The minimum Gasteiger partial charge on any atom is -0.369 e. The van der Waals surface area contributed by atoms with Gasteiger partial charge in [-0.25, -0.2) is 4.98 Å². The van der Waals surface area contributed by atoms with Crippen LogP contribution in [0.5, 0.6) is 0 Å². The highest BCUT2D eigenvalue weighted by molar-refractivity contribution is 7.14. The standard InChI is InChI=1S/C18H19ClN4O3S/c19-13-3-1-12(2-4-13)17(26)22-18-21-14(10-27-18)9-15(24)23-7-5-11(6-8-23)16(20)25/h1-4,10-11H,5-9H2,(H2,20,25)(H,21,22,26). The summed E-state index contributed by atoms with van der Waals surface area (Å²) in [5.41, 5.74) is 6.39. The lowest BCUT2D eigenvalue weighted by Crippen LogP contribution is -2.42. The van der Waals surface area contributed by atoms with E-state index in [9.17, 15) is 14.4 Å². The average Bonchev–Trinajstić information content (AvgIpc) is 3.09. The second kappa shape index (κ2) is 8.49. The van der Waals surface area contributed by atoms with Crippen LogP contribution in [0.25, 0.3) is 0 Å². The fourth-order valence-electron chi connectivity index (χ4n) is 2.90. The maximum absolute atomic E-state index is 12.4. The van der Waals surface area contributed by atoms with Gasteiger partial charge in [-0.1, -0.05) is 11.6 Å². The van der Waals surface area contributed by atoms with Crippen molar-refractivity contribution in [3.05, 3.63) is 45.9 Å². The highest BCUT2D eigenvalue weighted by Crippen LogP contribution is 2.20. The molecule has 0 aliphatic carbocycles. The van der Waals surface area contributed by atoms with Crippen molar-refractivity contribution >= 4 is 45.8 Å². The van der Waals surface area contributed by atoms with E-state index in [-0.39, 0.29) is 30.1 Å². The molecule has 1 saturated heterocycles. The number of hydrogen-bond acceptors (Lipinski definition) is 5. The lowest BCUT2D eigenvalue weighted by molar-refractivity contribution is -0.134. The zero-order valence-corrected chi connectivity index (χ0v) is 16.1. The van der Waals surface area contributed by atoms with E-state index in [0.29, 0.717) is 47.3 Å². The van der Waals surface area contributed by atoms with Crippen molar-refractivity contribution in [3.8, 4) is 0 Å². The molecule has 0 atom stereocenters. The minimum atomic E-state index is -0.303. The fraction of sp³-hybridized carbons (Fsp3) is 0.333. The molecule has 1 aromatic heterocycles. The summed E-state index contributed by atoms with van der Waals surface area (Å²) in [7, 11) is 0. The molecule has 3 N–H and O–H groups in total. The number of carbonyl (C=O) groups is 3. The van der Waals surface area contributed by atoms with Gasteiger partial charge in [0.25, 0.3) is 5.91 Å². The molecule has 0 unspecified atom stereocenters. The highest BCUT2D eigenvalue weighted by atomic mass is 35.5. The molecule has 142 valence electrons. The third-order valence-electron chi connectivity index (χ3n) is 4.46. The summed E-state index contributed by atoms with van der Waals surface area (Å²) in [4.78, 5) is 41.8. The van der Waals surface area contributed by atoms with Crippen LogP contribution < -0.4 is 11.1 Å². The number of piperidine rings is 1. The van der Waals surface area contributed by atoms with Gasteiger partial charge < -0.3 is 10.6 Å². The van der Waals surface area contributed by atoms with Gasteiger partial charge in [-0.2, -0.15) is 0 Å². The van der Waals surface area contributed by atoms with Crippen molar-refractivity contribution in [2.24, 2.45) is 11.7 Å². The molecule has 3 rings (SSSR count). The van der Waals surface area contributed by atoms with Gasteiger partial charge >= 0.3 is 0 Å². The molecule has 2 aromatic rings. The van der Waals surface area contributed by atoms with Crippen LogP contribution in [0.4, 0.5) is 5.13 Å². The average molecular weight is 407 g/mol. The molecule has 7 nitrogen and oxygen atoms in total. The summed E-state index contributed by atoms with van der Waals surface area (Å²) < 4.78 is 0. The van der Waals surface area contributed by atoms with Crippen LogP contribution in [0.1, 0.15) is 28.9 Å². The zero-order valence-electron chi connectivity index (χ0n) is 14.5. The third-order valence-corrected chi connectivity index (χ3v) is 5.52. The van der Waals surface area contributed by atoms with Crippen molar-refractivity contribution in [2.75, 3.05) is 18.4 Å². The van der Waals surface area contributed by atoms with E-state index < -0.39 is 0 Å². The van der Waals surface area contributed by atoms with E-state index in [1.54, 1.807) is 34.5 Å². The predicted octanol–water partition coefficient (Wildman–Crippen LogP) is 2.32. The van der Waals surface area contributed by atoms with Crippen molar-refractivity contribution < 1.29 is 14.4 Å². The first-order valence-corrected chi connectivity index (χ1v) is 9.76. The Morgan fingerprint density at radius 1 is 1.22 bits per heavy atom. The number of carbonyl (C=O) groups excluding carboxylic acids is 3. The van der Waals surface area contributed by atoms with E-state index in [2.05, 4.69) is 10.3 Å². The maximum Gasteiger partial charge on any atom is 0.257 e. The van der Waals surface area contributed by atoms with Crippen LogP contribution in [-0.2, 0) is 16.0 Å². The predicted molar refractivity (Wildman–Crippen MR) is 104 cm³/mol. The van der Waals surface area contributed by atoms with E-state index in [4.69, 9.17) is 17.3 Å². The van der Waals surface area contributed by atoms with Crippen molar-refractivity contribution in [3.63, 3.8) is 0 Å². The number of aromatic nitrogens is 1. The number of nitrogens with one attached hydrogen (secondary N) is 1. The normalized spacial score (nSPS) is 14.8. The topological polar surface area (TPSA) is 105 Å². The molecule has 1 aliphatic heterocycles. The number of anilines is 1. The van der Waals surface area contributed by atoms with Crippen LogP contribution in [0, 0.1) is 5.92 Å². The van der Waals surface area contributed by atoms with Gasteiger partial charge in [-0.15, -0.1) is 11.3 Å². The Labute approximate surface area is 165 Å². The first kappa shape index (κ1) is 19.3. The van der Waals surface area contributed by atoms with Gasteiger partial charge in [0.1, 0.15) is 0 Å². The Morgan fingerprint density at radius 2 is 1.89 bits per heavy atom. The van der Waals surface area contributed by atoms with Crippen molar-refractivity contribution in [1.82, 2.24) is 9.88 Å². The largest absolute Gasteiger partial charge is 0.369 e. The van der Waals surface area contributed by atoms with Crippen molar-refractivity contribution in [2.45, 2.75) is 19.3 Å². The van der Waals surface area contributed by atoms with Crippen LogP contribution in [0.2, 0.25) is 5.02 Å². The smallest absolute Gasteiger partial charge is 0.257 e. The molecule has 3 amide bonds. The van der Waals surface area contributed by atoms with E-state index in [1.807, 2.05) is 0 Å². The molecule has 0 bridgehead atoms. The van der Waals surface area contributed by atoms with E-state index in [1.165, 1.54) is 11.3 Å². The van der Waals surface area contributed by atoms with Gasteiger partial charge in [0, 0.05) is 35.0 Å². The molecule has 1 aliphatic rings. The second-order valence-electron chi connectivity index (χ2n) is 6.34. The Kier molecular flexibility index (Phi) is 6.08. The lowest BCUT2D eigenvalue weighted by atomic mass is 9.96. The molecule has 27 heavy (non-hydrogen) atoms. The van der Waals surface area contributed by atoms with Gasteiger partial charge in [-0.3, -0.25) is 19.7 Å². The molecule has 1 fully saturated rings. The molecule has 0 radical (unpaired) electrons. The number of rotatable bonds is 5. The summed E-state index contributed by atoms with van der Waals surface area (Å²) >= 11 is 7.08. The van der Waals surface area contributed by atoms with Crippen LogP contribution in [0.15, 0.2) is 29.6 Å². The summed E-state index contributed by atoms with van der Waals surface area (Å²) in [5.74, 6) is -0.781. The number of thiazole rings is 1. The minimum absolute atomic E-state index is 0.0428. The van der Waals surface area contributed by atoms with Gasteiger partial charge in [0.05, 0.1) is 12.1 Å². The van der Waals surface area contributed by atoms with Gasteiger partial charge in [0.15, 0.2) is 5.13 Å². The Morgan fingerprint density at radius 3 is 2.52 bits per heavy atom. The monoisotopic (exact) mass is 406 g/mol. The first-order chi connectivity index (χ1) is 12.9. The lowest BCUT2D eigenvalue weighted by Gasteiger charge is -2.30. The van der Waals surface area contributed by atoms with Crippen molar-refractivity contribution in [1.29, 1.82) is 0 Å². The maximum atomic E-state index is 12.4. The molecule has 1 aromatic carbocycles. The Balaban J connectivity index is 1.53. The molecular weight excluding hydrogens is 388 g/mol. The van der Waals surface area contributed by atoms with Crippen LogP contribution >= 0.6 is 22.9 Å². The molecule has 2 heterocycles. The second-order valence-corrected chi connectivity index (χ2v) is 7.63. The number of nitrogens with two attached hydrogens (primary N) is 1. The fourth-order valence-corrected chi connectivity index (χ4v) is 3.73. The molecular formula is C18H19ClN4O3S. The Bertz CT molecular complexity index is 845. The zero-order chi connectivity index (χ0) is 19.4. The molecule has 0 saturated carbocycles. The molecule has 9 heteroatoms. The number of likely N-dealkylation sites (tertiary alicyclic amines) is 1. The summed E-state index contributed by atoms with van der Waals surface area (Å²) in [5, 5.41) is 5.47. The van der Waals surface area contributed by atoms with Gasteiger partial charge in [-0.05, 0) is 37.1 Å². The van der Waals surface area contributed by atoms with E-state index >= 15 is 0 Å². The highest BCUT2D eigenvalue weighted by Gasteiger charge is 2.26. The van der Waals surface area contributed by atoms with Crippen LogP contribution in [0.3, 0.4) is 0 Å². The number of hydrogen-bond donors (Lipinski definition) is 2.